The van der Waals surface area contributed by atoms with Gasteiger partial charge in [0.2, 0.25) is 0 Å². The van der Waals surface area contributed by atoms with E-state index >= 15 is 0 Å². The van der Waals surface area contributed by atoms with E-state index in [1.54, 1.807) is 4.80 Å². The minimum absolute atomic E-state index is 0.674. The second kappa shape index (κ2) is 3.62. The van der Waals surface area contributed by atoms with Crippen molar-refractivity contribution in [3.63, 3.8) is 0 Å². The summed E-state index contributed by atoms with van der Waals surface area (Å²) in [6.45, 7) is 3.13. The van der Waals surface area contributed by atoms with Gasteiger partial charge in [-0.05, 0) is 37.1 Å². The molecule has 2 heterocycles. The summed E-state index contributed by atoms with van der Waals surface area (Å²) in [6, 6.07) is 0. The summed E-state index contributed by atoms with van der Waals surface area (Å²) in [5.74, 6) is 0.674. The van der Waals surface area contributed by atoms with Crippen LogP contribution in [-0.4, -0.2) is 33.3 Å². The van der Waals surface area contributed by atoms with Crippen LogP contribution in [0.15, 0.2) is 6.33 Å². The van der Waals surface area contributed by atoms with Crippen LogP contribution >= 0.6 is 0 Å². The van der Waals surface area contributed by atoms with Gasteiger partial charge in [-0.25, -0.2) is 0 Å². The van der Waals surface area contributed by atoms with Gasteiger partial charge < -0.3 is 5.32 Å². The fourth-order valence-corrected chi connectivity index (χ4v) is 1.58. The molecule has 66 valence electrons. The molecule has 1 aromatic rings. The molecule has 5 heteroatoms. The number of hydrogen-bond donors (Lipinski definition) is 1. The zero-order valence-corrected chi connectivity index (χ0v) is 6.98. The van der Waals surface area contributed by atoms with Crippen molar-refractivity contribution in [3.05, 3.63) is 6.33 Å². The molecule has 1 aliphatic heterocycles. The number of aromatic nitrogens is 4. The normalized spacial score (nSPS) is 24.2. The predicted molar refractivity (Wildman–Crippen MR) is 43.4 cm³/mol. The maximum Gasteiger partial charge on any atom is 0.162 e. The Kier molecular flexibility index (Phi) is 2.31. The highest BCUT2D eigenvalue weighted by Gasteiger charge is 2.13. The molecule has 1 aliphatic rings. The van der Waals surface area contributed by atoms with Gasteiger partial charge in [-0.2, -0.15) is 4.80 Å². The minimum Gasteiger partial charge on any atom is -0.316 e. The summed E-state index contributed by atoms with van der Waals surface area (Å²) in [6.07, 6.45) is 4.02. The zero-order chi connectivity index (χ0) is 8.23. The number of piperidine rings is 1. The topological polar surface area (TPSA) is 55.6 Å². The van der Waals surface area contributed by atoms with Crippen LogP contribution in [0.25, 0.3) is 0 Å². The molecule has 0 amide bonds. The Balaban J connectivity index is 1.86. The summed E-state index contributed by atoms with van der Waals surface area (Å²) in [5, 5.41) is 14.8. The van der Waals surface area contributed by atoms with Gasteiger partial charge in [-0.3, -0.25) is 0 Å². The van der Waals surface area contributed by atoms with Gasteiger partial charge in [0.05, 0.1) is 6.54 Å². The van der Waals surface area contributed by atoms with Crippen LogP contribution in [0.3, 0.4) is 0 Å². The fraction of sp³-hybridized carbons (Fsp3) is 0.857. The lowest BCUT2D eigenvalue weighted by Crippen LogP contribution is -2.32. The predicted octanol–water partition coefficient (Wildman–Crippen LogP) is -0.327. The molecule has 5 nitrogen and oxygen atoms in total. The molecule has 0 radical (unpaired) electrons. The number of nitrogens with zero attached hydrogens (tertiary/aromatic N) is 4. The molecule has 0 spiro atoms. The molecule has 1 aromatic heterocycles. The van der Waals surface area contributed by atoms with Gasteiger partial charge in [0.25, 0.3) is 0 Å². The first-order valence-electron chi connectivity index (χ1n) is 4.36. The average Bonchev–Trinajstić information content (AvgIpc) is 2.59. The molecule has 0 unspecified atom stereocenters. The molecule has 0 saturated carbocycles. The maximum atomic E-state index is 3.98. The van der Waals surface area contributed by atoms with E-state index in [1.807, 2.05) is 0 Å². The van der Waals surface area contributed by atoms with Crippen molar-refractivity contribution in [2.75, 3.05) is 13.1 Å². The van der Waals surface area contributed by atoms with Crippen LogP contribution in [0.1, 0.15) is 12.8 Å². The van der Waals surface area contributed by atoms with Crippen LogP contribution < -0.4 is 5.32 Å². The monoisotopic (exact) mass is 167 g/mol. The van der Waals surface area contributed by atoms with E-state index in [4.69, 9.17) is 0 Å². The Labute approximate surface area is 71.1 Å². The summed E-state index contributed by atoms with van der Waals surface area (Å²) in [4.78, 5) is 1.66. The summed E-state index contributed by atoms with van der Waals surface area (Å²) < 4.78 is 0. The molecular weight excluding hydrogens is 154 g/mol. The largest absolute Gasteiger partial charge is 0.316 e. The van der Waals surface area contributed by atoms with Gasteiger partial charge in [-0.15, -0.1) is 10.2 Å². The Morgan fingerprint density at radius 3 is 3.25 bits per heavy atom. The van der Waals surface area contributed by atoms with Crippen LogP contribution in [0.5, 0.6) is 0 Å². The molecule has 0 aliphatic carbocycles. The van der Waals surface area contributed by atoms with Gasteiger partial charge >= 0.3 is 0 Å². The van der Waals surface area contributed by atoms with Crippen molar-refractivity contribution in [2.24, 2.45) is 5.92 Å². The zero-order valence-electron chi connectivity index (χ0n) is 6.98. The highest BCUT2D eigenvalue weighted by atomic mass is 15.6. The molecule has 0 bridgehead atoms. The maximum absolute atomic E-state index is 3.98. The van der Waals surface area contributed by atoms with E-state index in [2.05, 4.69) is 20.7 Å². The Bertz CT molecular complexity index is 214. The van der Waals surface area contributed by atoms with E-state index in [9.17, 15) is 0 Å². The molecule has 1 fully saturated rings. The third-order valence-corrected chi connectivity index (χ3v) is 2.21. The first-order valence-corrected chi connectivity index (χ1v) is 4.36. The molecule has 2 rings (SSSR count). The van der Waals surface area contributed by atoms with E-state index < -0.39 is 0 Å². The lowest BCUT2D eigenvalue weighted by molar-refractivity contribution is 0.307. The van der Waals surface area contributed by atoms with Crippen molar-refractivity contribution < 1.29 is 0 Å². The minimum atomic E-state index is 0.674. The average molecular weight is 167 g/mol. The van der Waals surface area contributed by atoms with Crippen LogP contribution in [0.2, 0.25) is 0 Å². The highest BCUT2D eigenvalue weighted by molar-refractivity contribution is 4.67. The fourth-order valence-electron chi connectivity index (χ4n) is 1.58. The Morgan fingerprint density at radius 1 is 1.58 bits per heavy atom. The van der Waals surface area contributed by atoms with Crippen molar-refractivity contribution in [1.29, 1.82) is 0 Å². The number of nitrogens with one attached hydrogen (secondary N) is 1. The van der Waals surface area contributed by atoms with Gasteiger partial charge in [0.1, 0.15) is 0 Å². The second-order valence-corrected chi connectivity index (χ2v) is 3.20. The molecular formula is C7H13N5. The van der Waals surface area contributed by atoms with Gasteiger partial charge in [-0.1, -0.05) is 0 Å². The number of tetrazole rings is 1. The van der Waals surface area contributed by atoms with E-state index in [-0.39, 0.29) is 0 Å². The highest BCUT2D eigenvalue weighted by Crippen LogP contribution is 2.10. The molecule has 12 heavy (non-hydrogen) atoms. The summed E-state index contributed by atoms with van der Waals surface area (Å²) in [7, 11) is 0. The smallest absolute Gasteiger partial charge is 0.162 e. The Morgan fingerprint density at radius 2 is 2.58 bits per heavy atom. The van der Waals surface area contributed by atoms with Crippen LogP contribution in [0.4, 0.5) is 0 Å². The van der Waals surface area contributed by atoms with E-state index in [0.29, 0.717) is 5.92 Å². The number of rotatable bonds is 2. The molecule has 0 aromatic carbocycles. The van der Waals surface area contributed by atoms with Crippen LogP contribution in [0, 0.1) is 5.92 Å². The van der Waals surface area contributed by atoms with Crippen molar-refractivity contribution in [3.8, 4) is 0 Å². The lowest BCUT2D eigenvalue weighted by Gasteiger charge is -2.21. The van der Waals surface area contributed by atoms with E-state index in [1.165, 1.54) is 19.2 Å². The Hall–Kier alpha value is -0.970. The lowest BCUT2D eigenvalue weighted by atomic mass is 10.0. The van der Waals surface area contributed by atoms with Gasteiger partial charge in [0, 0.05) is 0 Å². The van der Waals surface area contributed by atoms with E-state index in [0.717, 1.165) is 19.6 Å². The van der Waals surface area contributed by atoms with Gasteiger partial charge in [0.15, 0.2) is 6.33 Å². The molecule has 1 N–H and O–H groups in total. The SMILES string of the molecule is c1nnn(C[C@@H]2CCCNC2)n1. The second-order valence-electron chi connectivity index (χ2n) is 3.20. The van der Waals surface area contributed by atoms with Crippen LogP contribution in [-0.2, 0) is 6.54 Å². The third kappa shape index (κ3) is 1.79. The van der Waals surface area contributed by atoms with Crippen molar-refractivity contribution in [1.82, 2.24) is 25.5 Å². The standard InChI is InChI=1S/C7H13N5/c1-2-7(4-8-3-1)5-12-10-6-9-11-12/h6-8H,1-5H2/t7-/m1/s1. The first-order chi connectivity index (χ1) is 5.95. The first kappa shape index (κ1) is 7.67. The summed E-state index contributed by atoms with van der Waals surface area (Å²) >= 11 is 0. The molecule has 1 atom stereocenters. The molecule has 1 saturated heterocycles. The van der Waals surface area contributed by atoms with Crippen molar-refractivity contribution >= 4 is 0 Å². The third-order valence-electron chi connectivity index (χ3n) is 2.21. The number of hydrogen-bond acceptors (Lipinski definition) is 4. The summed E-state index contributed by atoms with van der Waals surface area (Å²) in [5.41, 5.74) is 0. The van der Waals surface area contributed by atoms with Crippen molar-refractivity contribution in [2.45, 2.75) is 19.4 Å². The quantitative estimate of drug-likeness (QED) is 0.655.